The first-order valence-corrected chi connectivity index (χ1v) is 7.88. The molecule has 0 saturated carbocycles. The smallest absolute Gasteiger partial charge is 0.230 e. The minimum absolute atomic E-state index is 0.248. The molecule has 0 fully saturated rings. The van der Waals surface area contributed by atoms with Gasteiger partial charge >= 0.3 is 0 Å². The molecule has 0 bridgehead atoms. The van der Waals surface area contributed by atoms with Crippen LogP contribution >= 0.6 is 11.8 Å². The standard InChI is InChI=1S/C15H20N4OS/c1-4-10(2)19-14(12-8-6-5-7-9-12)17-18-15(19)21-11(3)13(16)20/h5-11H,4H2,1-3H3,(H2,16,20)/t10-,11-/m0/s1. The Bertz CT molecular complexity index is 611. The van der Waals surface area contributed by atoms with Crippen LogP contribution in [0, 0.1) is 0 Å². The van der Waals surface area contributed by atoms with Crippen LogP contribution in [0.5, 0.6) is 0 Å². The molecule has 1 amide bonds. The second-order valence-corrected chi connectivity index (χ2v) is 6.27. The van der Waals surface area contributed by atoms with E-state index in [2.05, 4.69) is 28.6 Å². The first-order valence-electron chi connectivity index (χ1n) is 7.00. The third kappa shape index (κ3) is 3.44. The van der Waals surface area contributed by atoms with Crippen molar-refractivity contribution in [1.82, 2.24) is 14.8 Å². The van der Waals surface area contributed by atoms with Gasteiger partial charge in [-0.15, -0.1) is 10.2 Å². The highest BCUT2D eigenvalue weighted by Gasteiger charge is 2.21. The van der Waals surface area contributed by atoms with Crippen LogP contribution in [0.3, 0.4) is 0 Å². The third-order valence-electron chi connectivity index (χ3n) is 3.41. The van der Waals surface area contributed by atoms with Gasteiger partial charge < -0.3 is 5.73 Å². The molecule has 5 nitrogen and oxygen atoms in total. The molecule has 112 valence electrons. The van der Waals surface area contributed by atoms with Gasteiger partial charge in [0.05, 0.1) is 5.25 Å². The second kappa shape index (κ2) is 6.76. The van der Waals surface area contributed by atoms with Crippen LogP contribution in [0.15, 0.2) is 35.5 Å². The van der Waals surface area contributed by atoms with Crippen molar-refractivity contribution in [3.63, 3.8) is 0 Å². The lowest BCUT2D eigenvalue weighted by molar-refractivity contribution is -0.117. The fourth-order valence-corrected chi connectivity index (χ4v) is 2.84. The molecule has 0 unspecified atom stereocenters. The van der Waals surface area contributed by atoms with E-state index >= 15 is 0 Å². The summed E-state index contributed by atoms with van der Waals surface area (Å²) < 4.78 is 2.08. The van der Waals surface area contributed by atoms with E-state index in [1.807, 2.05) is 30.3 Å². The summed E-state index contributed by atoms with van der Waals surface area (Å²) in [6, 6.07) is 10.2. The summed E-state index contributed by atoms with van der Waals surface area (Å²) in [5.41, 5.74) is 6.36. The molecule has 0 aliphatic rings. The van der Waals surface area contributed by atoms with Crippen molar-refractivity contribution >= 4 is 17.7 Å². The van der Waals surface area contributed by atoms with E-state index in [0.717, 1.165) is 23.0 Å². The number of hydrogen-bond acceptors (Lipinski definition) is 4. The van der Waals surface area contributed by atoms with Crippen molar-refractivity contribution in [3.05, 3.63) is 30.3 Å². The summed E-state index contributed by atoms with van der Waals surface area (Å²) in [5.74, 6) is 0.476. The predicted molar refractivity (Wildman–Crippen MR) is 85.0 cm³/mol. The predicted octanol–water partition coefficient (Wildman–Crippen LogP) is 2.88. The lowest BCUT2D eigenvalue weighted by Gasteiger charge is -2.17. The quantitative estimate of drug-likeness (QED) is 0.833. The molecule has 1 heterocycles. The Morgan fingerprint density at radius 1 is 1.29 bits per heavy atom. The zero-order valence-electron chi connectivity index (χ0n) is 12.5. The normalized spacial score (nSPS) is 13.9. The molecule has 0 spiro atoms. The number of thioether (sulfide) groups is 1. The van der Waals surface area contributed by atoms with Crippen molar-refractivity contribution in [2.75, 3.05) is 0 Å². The first-order chi connectivity index (χ1) is 10.0. The van der Waals surface area contributed by atoms with Crippen molar-refractivity contribution in [3.8, 4) is 11.4 Å². The maximum absolute atomic E-state index is 11.3. The van der Waals surface area contributed by atoms with Crippen LogP contribution in [0.25, 0.3) is 11.4 Å². The zero-order valence-corrected chi connectivity index (χ0v) is 13.3. The summed E-state index contributed by atoms with van der Waals surface area (Å²) >= 11 is 1.35. The molecule has 1 aromatic carbocycles. The average Bonchev–Trinajstić information content (AvgIpc) is 2.90. The Kier molecular flexibility index (Phi) is 5.01. The number of primary amides is 1. The van der Waals surface area contributed by atoms with E-state index < -0.39 is 0 Å². The molecule has 6 heteroatoms. The van der Waals surface area contributed by atoms with E-state index in [4.69, 9.17) is 5.73 Å². The highest BCUT2D eigenvalue weighted by molar-refractivity contribution is 8.00. The first kappa shape index (κ1) is 15.6. The summed E-state index contributed by atoms with van der Waals surface area (Å²) in [6.45, 7) is 6.02. The number of aromatic nitrogens is 3. The highest BCUT2D eigenvalue weighted by Crippen LogP contribution is 2.30. The maximum Gasteiger partial charge on any atom is 0.230 e. The van der Waals surface area contributed by atoms with Crippen LogP contribution < -0.4 is 5.73 Å². The summed E-state index contributed by atoms with van der Waals surface area (Å²) in [4.78, 5) is 11.3. The average molecular weight is 304 g/mol. The van der Waals surface area contributed by atoms with E-state index in [1.165, 1.54) is 11.8 Å². The van der Waals surface area contributed by atoms with Gasteiger partial charge in [0, 0.05) is 11.6 Å². The highest BCUT2D eigenvalue weighted by atomic mass is 32.2. The number of nitrogens with zero attached hydrogens (tertiary/aromatic N) is 3. The fourth-order valence-electron chi connectivity index (χ4n) is 1.94. The molecule has 21 heavy (non-hydrogen) atoms. The Labute approximate surface area is 128 Å². The van der Waals surface area contributed by atoms with Gasteiger partial charge in [0.1, 0.15) is 0 Å². The monoisotopic (exact) mass is 304 g/mol. The largest absolute Gasteiger partial charge is 0.369 e. The molecule has 0 aliphatic heterocycles. The minimum atomic E-state index is -0.347. The van der Waals surface area contributed by atoms with Gasteiger partial charge in [-0.05, 0) is 20.3 Å². The van der Waals surface area contributed by atoms with Gasteiger partial charge in [0.25, 0.3) is 0 Å². The Morgan fingerprint density at radius 2 is 1.95 bits per heavy atom. The van der Waals surface area contributed by atoms with Crippen LogP contribution in [0.4, 0.5) is 0 Å². The maximum atomic E-state index is 11.3. The Morgan fingerprint density at radius 3 is 2.52 bits per heavy atom. The van der Waals surface area contributed by atoms with E-state index in [-0.39, 0.29) is 17.2 Å². The zero-order chi connectivity index (χ0) is 15.4. The summed E-state index contributed by atoms with van der Waals surface area (Å²) in [6.07, 6.45) is 0.955. The van der Waals surface area contributed by atoms with Crippen LogP contribution in [-0.2, 0) is 4.79 Å². The molecule has 2 aromatic rings. The summed E-state index contributed by atoms with van der Waals surface area (Å²) in [5, 5.41) is 8.96. The van der Waals surface area contributed by atoms with E-state index in [1.54, 1.807) is 6.92 Å². The SMILES string of the molecule is CC[C@H](C)n1c(S[C@@H](C)C(N)=O)nnc1-c1ccccc1. The topological polar surface area (TPSA) is 73.8 Å². The molecule has 0 aliphatic carbocycles. The number of rotatable bonds is 6. The minimum Gasteiger partial charge on any atom is -0.369 e. The fraction of sp³-hybridized carbons (Fsp3) is 0.400. The van der Waals surface area contributed by atoms with E-state index in [9.17, 15) is 4.79 Å². The number of carbonyl (C=O) groups excluding carboxylic acids is 1. The number of amides is 1. The van der Waals surface area contributed by atoms with Gasteiger partial charge in [0.2, 0.25) is 5.91 Å². The van der Waals surface area contributed by atoms with Gasteiger partial charge in [-0.2, -0.15) is 0 Å². The lowest BCUT2D eigenvalue weighted by Crippen LogP contribution is -2.23. The molecular weight excluding hydrogens is 284 g/mol. The number of hydrogen-bond donors (Lipinski definition) is 1. The number of benzene rings is 1. The third-order valence-corrected chi connectivity index (χ3v) is 4.49. The molecule has 2 atom stereocenters. The van der Waals surface area contributed by atoms with Crippen molar-refractivity contribution < 1.29 is 4.79 Å². The van der Waals surface area contributed by atoms with Gasteiger partial charge in [-0.25, -0.2) is 0 Å². The number of carbonyl (C=O) groups is 1. The number of nitrogens with two attached hydrogens (primary N) is 1. The lowest BCUT2D eigenvalue weighted by atomic mass is 10.2. The molecule has 0 radical (unpaired) electrons. The van der Waals surface area contributed by atoms with Crippen LogP contribution in [0.1, 0.15) is 33.2 Å². The molecule has 2 N–H and O–H groups in total. The van der Waals surface area contributed by atoms with Crippen LogP contribution in [-0.4, -0.2) is 25.9 Å². The molecular formula is C15H20N4OS. The Hall–Kier alpha value is -1.82. The van der Waals surface area contributed by atoms with Gasteiger partial charge in [-0.1, -0.05) is 49.0 Å². The Balaban J connectivity index is 2.43. The summed E-state index contributed by atoms with van der Waals surface area (Å²) in [7, 11) is 0. The molecule has 1 aromatic heterocycles. The second-order valence-electron chi connectivity index (χ2n) is 4.96. The van der Waals surface area contributed by atoms with Crippen molar-refractivity contribution in [1.29, 1.82) is 0 Å². The van der Waals surface area contributed by atoms with Gasteiger partial charge in [0.15, 0.2) is 11.0 Å². The van der Waals surface area contributed by atoms with Gasteiger partial charge in [-0.3, -0.25) is 9.36 Å². The van der Waals surface area contributed by atoms with Crippen LogP contribution in [0.2, 0.25) is 0 Å². The van der Waals surface area contributed by atoms with E-state index in [0.29, 0.717) is 0 Å². The van der Waals surface area contributed by atoms with Crippen molar-refractivity contribution in [2.24, 2.45) is 5.73 Å². The van der Waals surface area contributed by atoms with Crippen molar-refractivity contribution in [2.45, 2.75) is 43.6 Å². The molecule has 0 saturated heterocycles. The molecule has 2 rings (SSSR count).